The Morgan fingerprint density at radius 2 is 2.05 bits per heavy atom. The fourth-order valence-corrected chi connectivity index (χ4v) is 2.94. The molecule has 0 aromatic heterocycles. The van der Waals surface area contributed by atoms with Crippen LogP contribution in [0.15, 0.2) is 0 Å². The van der Waals surface area contributed by atoms with E-state index in [1.165, 1.54) is 12.8 Å². The first-order valence-corrected chi connectivity index (χ1v) is 8.04. The molecule has 2 rings (SSSR count). The summed E-state index contributed by atoms with van der Waals surface area (Å²) >= 11 is 0. The van der Waals surface area contributed by atoms with E-state index in [9.17, 15) is 9.90 Å². The van der Waals surface area contributed by atoms with Gasteiger partial charge in [0.25, 0.3) is 0 Å². The molecule has 0 saturated carbocycles. The normalized spacial score (nSPS) is 31.6. The molecule has 3 unspecified atom stereocenters. The zero-order valence-electron chi connectivity index (χ0n) is 13.3. The number of aliphatic hydroxyl groups is 1. The molecule has 2 aliphatic rings. The average molecular weight is 299 g/mol. The van der Waals surface area contributed by atoms with E-state index in [0.29, 0.717) is 6.61 Å². The van der Waals surface area contributed by atoms with Gasteiger partial charge in [-0.1, -0.05) is 6.92 Å². The molecule has 122 valence electrons. The summed E-state index contributed by atoms with van der Waals surface area (Å²) in [5.74, 6) is 0.796. The van der Waals surface area contributed by atoms with Gasteiger partial charge in [0.15, 0.2) is 0 Å². The van der Waals surface area contributed by atoms with Crippen molar-refractivity contribution in [3.05, 3.63) is 0 Å². The van der Waals surface area contributed by atoms with Gasteiger partial charge >= 0.3 is 6.03 Å². The quantitative estimate of drug-likeness (QED) is 0.709. The lowest BCUT2D eigenvalue weighted by Gasteiger charge is -2.32. The summed E-state index contributed by atoms with van der Waals surface area (Å²) in [6, 6.07) is -0.488. The van der Waals surface area contributed by atoms with Crippen LogP contribution >= 0.6 is 0 Å². The zero-order chi connectivity index (χ0) is 15.4. The summed E-state index contributed by atoms with van der Waals surface area (Å²) in [6.07, 6.45) is 1.58. The monoisotopic (exact) mass is 299 g/mol. The molecule has 6 nitrogen and oxygen atoms in total. The summed E-state index contributed by atoms with van der Waals surface area (Å²) in [5.41, 5.74) is 0. The number of urea groups is 1. The van der Waals surface area contributed by atoms with Crippen LogP contribution in [0.1, 0.15) is 33.6 Å². The summed E-state index contributed by atoms with van der Waals surface area (Å²) < 4.78 is 5.68. The van der Waals surface area contributed by atoms with E-state index in [2.05, 4.69) is 22.5 Å². The van der Waals surface area contributed by atoms with Crippen LogP contribution in [0.4, 0.5) is 4.79 Å². The number of carbonyl (C=O) groups is 1. The minimum atomic E-state index is -0.637. The molecular weight excluding hydrogens is 270 g/mol. The van der Waals surface area contributed by atoms with E-state index in [0.717, 1.165) is 25.6 Å². The van der Waals surface area contributed by atoms with Gasteiger partial charge in [-0.2, -0.15) is 0 Å². The van der Waals surface area contributed by atoms with Crippen molar-refractivity contribution in [2.45, 2.75) is 57.9 Å². The number of ether oxygens (including phenoxy) is 1. The Bertz CT molecular complexity index is 343. The Morgan fingerprint density at radius 3 is 2.67 bits per heavy atom. The maximum Gasteiger partial charge on any atom is 0.315 e. The van der Waals surface area contributed by atoms with Crippen molar-refractivity contribution in [1.29, 1.82) is 0 Å². The van der Waals surface area contributed by atoms with Gasteiger partial charge in [-0.25, -0.2) is 4.79 Å². The van der Waals surface area contributed by atoms with E-state index in [-0.39, 0.29) is 24.2 Å². The average Bonchev–Trinajstić information content (AvgIpc) is 2.73. The highest BCUT2D eigenvalue weighted by Gasteiger charge is 2.38. The third-order valence-electron chi connectivity index (χ3n) is 4.33. The predicted molar refractivity (Wildman–Crippen MR) is 81.2 cm³/mol. The minimum absolute atomic E-state index is 0.0793. The highest BCUT2D eigenvalue weighted by Crippen LogP contribution is 2.20. The summed E-state index contributed by atoms with van der Waals surface area (Å²) in [5, 5.41) is 15.9. The van der Waals surface area contributed by atoms with Gasteiger partial charge in [-0.3, -0.25) is 0 Å². The lowest BCUT2D eigenvalue weighted by molar-refractivity contribution is 0.00880. The first kappa shape index (κ1) is 16.5. The van der Waals surface area contributed by atoms with E-state index >= 15 is 0 Å². The zero-order valence-corrected chi connectivity index (χ0v) is 13.3. The Labute approximate surface area is 127 Å². The number of rotatable bonds is 4. The van der Waals surface area contributed by atoms with Crippen molar-refractivity contribution in [3.63, 3.8) is 0 Å². The Balaban J connectivity index is 1.75. The van der Waals surface area contributed by atoms with Gasteiger partial charge in [0, 0.05) is 12.6 Å². The second kappa shape index (κ2) is 7.42. The number of hydrogen-bond donors (Lipinski definition) is 3. The first-order chi connectivity index (χ1) is 9.95. The number of piperidine rings is 1. The van der Waals surface area contributed by atoms with E-state index in [1.54, 1.807) is 0 Å². The topological polar surface area (TPSA) is 73.8 Å². The molecule has 0 aliphatic carbocycles. The lowest BCUT2D eigenvalue weighted by atomic mass is 9.98. The number of nitrogens with zero attached hydrogens (tertiary/aromatic N) is 1. The number of likely N-dealkylation sites (tertiary alicyclic amines) is 1. The molecule has 2 aliphatic heterocycles. The van der Waals surface area contributed by atoms with E-state index in [4.69, 9.17) is 4.74 Å². The maximum atomic E-state index is 11.7. The summed E-state index contributed by atoms with van der Waals surface area (Å²) in [6.45, 7) is 9.35. The molecule has 2 fully saturated rings. The predicted octanol–water partition coefficient (Wildman–Crippen LogP) is 0.554. The van der Waals surface area contributed by atoms with Crippen molar-refractivity contribution >= 4 is 6.03 Å². The molecular formula is C15H29N3O3. The molecule has 2 heterocycles. The number of amides is 2. The molecule has 3 N–H and O–H groups in total. The fourth-order valence-electron chi connectivity index (χ4n) is 2.94. The Kier molecular flexibility index (Phi) is 5.84. The van der Waals surface area contributed by atoms with Crippen molar-refractivity contribution in [2.75, 3.05) is 26.2 Å². The summed E-state index contributed by atoms with van der Waals surface area (Å²) in [7, 11) is 0. The standard InChI is InChI=1S/C15H29N3O3/c1-10(2)16-15(20)17-12-9-21-13(14(12)19)8-18-6-4-11(3)5-7-18/h10-14,19H,4-9H2,1-3H3,(H2,16,17,20). The van der Waals surface area contributed by atoms with Gasteiger partial charge in [0.2, 0.25) is 0 Å². The second-order valence-electron chi connectivity index (χ2n) is 6.72. The SMILES string of the molecule is CC1CCN(CC2OCC(NC(=O)NC(C)C)C2O)CC1. The van der Waals surface area contributed by atoms with Crippen LogP contribution in [0.2, 0.25) is 0 Å². The highest BCUT2D eigenvalue weighted by atomic mass is 16.5. The number of nitrogens with one attached hydrogen (secondary N) is 2. The molecule has 2 saturated heterocycles. The third-order valence-corrected chi connectivity index (χ3v) is 4.33. The van der Waals surface area contributed by atoms with Crippen LogP contribution in [0, 0.1) is 5.92 Å². The van der Waals surface area contributed by atoms with E-state index < -0.39 is 6.10 Å². The number of carbonyl (C=O) groups excluding carboxylic acids is 1. The first-order valence-electron chi connectivity index (χ1n) is 8.04. The van der Waals surface area contributed by atoms with Gasteiger partial charge < -0.3 is 25.4 Å². The fraction of sp³-hybridized carbons (Fsp3) is 0.933. The van der Waals surface area contributed by atoms with Gasteiger partial charge in [0.1, 0.15) is 6.10 Å². The van der Waals surface area contributed by atoms with Crippen molar-refractivity contribution < 1.29 is 14.6 Å². The molecule has 3 atom stereocenters. The van der Waals surface area contributed by atoms with Crippen molar-refractivity contribution in [3.8, 4) is 0 Å². The molecule has 2 amide bonds. The van der Waals surface area contributed by atoms with Crippen LogP contribution in [0.5, 0.6) is 0 Å². The van der Waals surface area contributed by atoms with Crippen LogP contribution in [-0.2, 0) is 4.74 Å². The van der Waals surface area contributed by atoms with Crippen molar-refractivity contribution in [1.82, 2.24) is 15.5 Å². The highest BCUT2D eigenvalue weighted by molar-refractivity contribution is 5.74. The summed E-state index contributed by atoms with van der Waals surface area (Å²) in [4.78, 5) is 14.0. The van der Waals surface area contributed by atoms with Crippen LogP contribution in [0.3, 0.4) is 0 Å². The minimum Gasteiger partial charge on any atom is -0.388 e. The van der Waals surface area contributed by atoms with Gasteiger partial charge in [-0.15, -0.1) is 0 Å². The smallest absolute Gasteiger partial charge is 0.315 e. The Hall–Kier alpha value is -0.850. The third kappa shape index (κ3) is 4.83. The van der Waals surface area contributed by atoms with Crippen LogP contribution in [0.25, 0.3) is 0 Å². The molecule has 0 radical (unpaired) electrons. The van der Waals surface area contributed by atoms with Gasteiger partial charge in [0.05, 0.1) is 18.8 Å². The van der Waals surface area contributed by atoms with E-state index in [1.807, 2.05) is 13.8 Å². The second-order valence-corrected chi connectivity index (χ2v) is 6.72. The van der Waals surface area contributed by atoms with Crippen LogP contribution < -0.4 is 10.6 Å². The lowest BCUT2D eigenvalue weighted by Crippen LogP contribution is -2.51. The number of hydrogen-bond acceptors (Lipinski definition) is 4. The molecule has 0 aromatic rings. The van der Waals surface area contributed by atoms with Crippen molar-refractivity contribution in [2.24, 2.45) is 5.92 Å². The molecule has 6 heteroatoms. The molecule has 21 heavy (non-hydrogen) atoms. The molecule has 0 bridgehead atoms. The largest absolute Gasteiger partial charge is 0.388 e. The molecule has 0 spiro atoms. The number of aliphatic hydroxyl groups excluding tert-OH is 1. The Morgan fingerprint density at radius 1 is 1.38 bits per heavy atom. The van der Waals surface area contributed by atoms with Crippen LogP contribution in [-0.4, -0.2) is 66.6 Å². The van der Waals surface area contributed by atoms with Gasteiger partial charge in [-0.05, 0) is 45.7 Å². The maximum absolute atomic E-state index is 11.7. The molecule has 0 aromatic carbocycles.